The molecule has 3 heterocycles. The Balaban J connectivity index is 1.44. The fraction of sp³-hybridized carbons (Fsp3) is 0.615. The number of pyridine rings is 1. The van der Waals surface area contributed by atoms with Gasteiger partial charge in [0.05, 0.1) is 37.9 Å². The van der Waals surface area contributed by atoms with Crippen molar-refractivity contribution in [1.29, 1.82) is 0 Å². The van der Waals surface area contributed by atoms with Crippen LogP contribution in [0.1, 0.15) is 25.8 Å². The number of aromatic nitrogens is 1. The zero-order valence-corrected chi connectivity index (χ0v) is 22.0. The lowest BCUT2D eigenvalue weighted by molar-refractivity contribution is -0.141. The van der Waals surface area contributed by atoms with Crippen LogP contribution in [-0.2, 0) is 14.3 Å². The number of ether oxygens (including phenoxy) is 2. The van der Waals surface area contributed by atoms with Gasteiger partial charge in [-0.15, -0.1) is 0 Å². The van der Waals surface area contributed by atoms with Gasteiger partial charge >= 0.3 is 0 Å². The van der Waals surface area contributed by atoms with E-state index in [1.165, 1.54) is 0 Å². The maximum atomic E-state index is 12.6. The van der Waals surface area contributed by atoms with Crippen molar-refractivity contribution < 1.29 is 29.6 Å². The second-order valence-corrected chi connectivity index (χ2v) is 10.8. The van der Waals surface area contributed by atoms with Gasteiger partial charge in [-0.05, 0) is 43.4 Å². The highest BCUT2D eigenvalue weighted by Crippen LogP contribution is 2.47. The van der Waals surface area contributed by atoms with Gasteiger partial charge in [-0.2, -0.15) is 0 Å². The average molecular weight is 522 g/mol. The number of carbonyl (C=O) groups excluding carboxylic acids is 1. The maximum Gasteiger partial charge on any atom is 0.253 e. The Morgan fingerprint density at radius 3 is 2.67 bits per heavy atom. The lowest BCUT2D eigenvalue weighted by Gasteiger charge is -2.42. The summed E-state index contributed by atoms with van der Waals surface area (Å²) in [6.45, 7) is 7.09. The predicted octanol–water partition coefficient (Wildman–Crippen LogP) is 1.88. The monoisotopic (exact) mass is 521 g/mol. The Labute approximate surface area is 217 Å². The lowest BCUT2D eigenvalue weighted by atomic mass is 9.68. The summed E-state index contributed by atoms with van der Waals surface area (Å²) >= 11 is 6.10. The summed E-state index contributed by atoms with van der Waals surface area (Å²) in [5, 5.41) is 30.4. The Morgan fingerprint density at radius 2 is 2.06 bits per heavy atom. The van der Waals surface area contributed by atoms with Gasteiger partial charge in [0.2, 0.25) is 0 Å². The van der Waals surface area contributed by atoms with E-state index >= 15 is 0 Å². The molecule has 1 amide bonds. The van der Waals surface area contributed by atoms with Crippen molar-refractivity contribution in [3.63, 3.8) is 0 Å². The second kappa shape index (κ2) is 10.6. The fourth-order valence-electron chi connectivity index (χ4n) is 5.41. The van der Waals surface area contributed by atoms with Crippen molar-refractivity contribution >= 4 is 23.3 Å². The normalized spacial score (nSPS) is 28.2. The zero-order chi connectivity index (χ0) is 26.2. The number of likely N-dealkylation sites (tertiary alicyclic amines) is 1. The minimum Gasteiger partial charge on any atom is -0.493 e. The quantitative estimate of drug-likeness (QED) is 0.475. The van der Waals surface area contributed by atoms with Gasteiger partial charge in [-0.3, -0.25) is 4.79 Å². The van der Waals surface area contributed by atoms with Crippen LogP contribution in [0.3, 0.4) is 0 Å². The highest BCUT2D eigenvalue weighted by Gasteiger charge is 2.51. The third-order valence-electron chi connectivity index (χ3n) is 7.96. The minimum absolute atomic E-state index is 0.000620. The van der Waals surface area contributed by atoms with Crippen LogP contribution in [0.25, 0.3) is 0 Å². The molecule has 1 unspecified atom stereocenters. The molecule has 198 valence electrons. The molecule has 3 N–H and O–H groups in total. The highest BCUT2D eigenvalue weighted by atomic mass is 35.5. The third kappa shape index (κ3) is 5.07. The van der Waals surface area contributed by atoms with E-state index in [-0.39, 0.29) is 17.9 Å². The SMILES string of the molecule is COC1=C(OC2CN(c3cc(C)c(Cl)cn3)C2)CC([C@@H]2CN(C(=O)[C@@H](O)CO)C[C@@]2(C)[C@@H](C)O)C=C1. The molecule has 2 fully saturated rings. The molecule has 10 heteroatoms. The molecule has 0 spiro atoms. The predicted molar refractivity (Wildman–Crippen MR) is 135 cm³/mol. The van der Waals surface area contributed by atoms with Crippen molar-refractivity contribution in [2.75, 3.05) is 44.8 Å². The molecule has 1 aliphatic carbocycles. The molecule has 1 aromatic heterocycles. The summed E-state index contributed by atoms with van der Waals surface area (Å²) in [5.74, 6) is 1.71. The van der Waals surface area contributed by atoms with E-state index in [2.05, 4.69) is 16.0 Å². The third-order valence-corrected chi connectivity index (χ3v) is 8.36. The molecule has 1 aromatic rings. The molecule has 4 rings (SSSR count). The number of aliphatic hydroxyl groups is 3. The Bertz CT molecular complexity index is 1040. The summed E-state index contributed by atoms with van der Waals surface area (Å²) in [4.78, 5) is 20.7. The van der Waals surface area contributed by atoms with Gasteiger partial charge in [-0.25, -0.2) is 4.98 Å². The molecule has 0 saturated carbocycles. The first-order valence-corrected chi connectivity index (χ1v) is 12.7. The largest absolute Gasteiger partial charge is 0.493 e. The van der Waals surface area contributed by atoms with Gasteiger partial charge in [0.1, 0.15) is 17.7 Å². The summed E-state index contributed by atoms with van der Waals surface area (Å²) in [5.41, 5.74) is 0.397. The molecular formula is C26H36ClN3O6. The summed E-state index contributed by atoms with van der Waals surface area (Å²) < 4.78 is 12.0. The number of aryl methyl sites for hydroxylation is 1. The van der Waals surface area contributed by atoms with Crippen LogP contribution >= 0.6 is 11.6 Å². The average Bonchev–Trinajstić information content (AvgIpc) is 3.20. The Kier molecular flexibility index (Phi) is 7.85. The Morgan fingerprint density at radius 1 is 1.33 bits per heavy atom. The second-order valence-electron chi connectivity index (χ2n) is 10.4. The first-order chi connectivity index (χ1) is 17.1. The molecular weight excluding hydrogens is 486 g/mol. The summed E-state index contributed by atoms with van der Waals surface area (Å²) in [6.07, 6.45) is 4.05. The van der Waals surface area contributed by atoms with Crippen LogP contribution in [0.15, 0.2) is 35.9 Å². The number of methoxy groups -OCH3 is 1. The smallest absolute Gasteiger partial charge is 0.253 e. The van der Waals surface area contributed by atoms with Gasteiger partial charge in [0.25, 0.3) is 5.91 Å². The number of nitrogens with zero attached hydrogens (tertiary/aromatic N) is 3. The van der Waals surface area contributed by atoms with Crippen LogP contribution in [0, 0.1) is 24.2 Å². The Hall–Kier alpha value is -2.33. The van der Waals surface area contributed by atoms with Crippen molar-refractivity contribution in [2.24, 2.45) is 17.3 Å². The van der Waals surface area contributed by atoms with E-state index in [0.717, 1.165) is 17.1 Å². The van der Waals surface area contributed by atoms with Crippen LogP contribution in [0.4, 0.5) is 5.82 Å². The number of aliphatic hydroxyl groups excluding tert-OH is 3. The van der Waals surface area contributed by atoms with Crippen LogP contribution < -0.4 is 4.90 Å². The molecule has 2 aliphatic heterocycles. The van der Waals surface area contributed by atoms with Gasteiger partial charge in [0.15, 0.2) is 11.9 Å². The number of halogens is 1. The number of allylic oxidation sites excluding steroid dienone is 3. The van der Waals surface area contributed by atoms with E-state index in [4.69, 9.17) is 21.1 Å². The number of carbonyl (C=O) groups is 1. The fourth-order valence-corrected chi connectivity index (χ4v) is 5.51. The van der Waals surface area contributed by atoms with Crippen molar-refractivity contribution in [2.45, 2.75) is 45.5 Å². The van der Waals surface area contributed by atoms with Gasteiger partial charge in [-0.1, -0.05) is 24.6 Å². The van der Waals surface area contributed by atoms with E-state index < -0.39 is 30.1 Å². The van der Waals surface area contributed by atoms with E-state index in [1.54, 1.807) is 25.1 Å². The topological polar surface area (TPSA) is 116 Å². The van der Waals surface area contributed by atoms with Crippen LogP contribution in [0.5, 0.6) is 0 Å². The van der Waals surface area contributed by atoms with Crippen LogP contribution in [0.2, 0.25) is 5.02 Å². The van der Waals surface area contributed by atoms with Crippen molar-refractivity contribution in [3.8, 4) is 0 Å². The van der Waals surface area contributed by atoms with E-state index in [9.17, 15) is 20.1 Å². The zero-order valence-electron chi connectivity index (χ0n) is 21.2. The molecule has 9 nitrogen and oxygen atoms in total. The molecule has 3 aliphatic rings. The standard InChI is InChI=1S/C26H36ClN3O6/c1-15-7-24(28-9-20(15)27)29-10-18(11-29)36-23-8-17(5-6-22(23)35-4)19-12-30(25(34)21(33)13-31)14-26(19,3)16(2)32/h5-7,9,16-19,21,31-33H,8,10-14H2,1-4H3/t16-,17?,19+,21+,26+/m1/s1. The number of anilines is 1. The maximum absolute atomic E-state index is 12.6. The van der Waals surface area contributed by atoms with Gasteiger partial charge < -0.3 is 34.6 Å². The highest BCUT2D eigenvalue weighted by molar-refractivity contribution is 6.31. The first-order valence-electron chi connectivity index (χ1n) is 12.3. The molecule has 0 aromatic carbocycles. The molecule has 0 radical (unpaired) electrons. The molecule has 2 saturated heterocycles. The van der Waals surface area contributed by atoms with Crippen LogP contribution in [-0.4, -0.2) is 89.3 Å². The summed E-state index contributed by atoms with van der Waals surface area (Å²) in [6, 6.07) is 1.97. The molecule has 0 bridgehead atoms. The number of hydrogen-bond donors (Lipinski definition) is 3. The first kappa shape index (κ1) is 26.7. The number of rotatable bonds is 8. The number of hydrogen-bond acceptors (Lipinski definition) is 8. The van der Waals surface area contributed by atoms with E-state index in [0.29, 0.717) is 43.4 Å². The van der Waals surface area contributed by atoms with Crippen molar-refractivity contribution in [1.82, 2.24) is 9.88 Å². The van der Waals surface area contributed by atoms with Gasteiger partial charge in [0, 0.05) is 31.1 Å². The molecule has 5 atom stereocenters. The summed E-state index contributed by atoms with van der Waals surface area (Å²) in [7, 11) is 1.61. The van der Waals surface area contributed by atoms with Crippen molar-refractivity contribution in [3.05, 3.63) is 46.5 Å². The minimum atomic E-state index is -1.46. The number of amides is 1. The lowest BCUT2D eigenvalue weighted by Crippen LogP contribution is -2.52. The van der Waals surface area contributed by atoms with E-state index in [1.807, 2.05) is 26.0 Å². The molecule has 36 heavy (non-hydrogen) atoms.